The van der Waals surface area contributed by atoms with E-state index >= 15 is 0 Å². The van der Waals surface area contributed by atoms with E-state index in [0.717, 1.165) is 4.90 Å². The molecule has 174 valence electrons. The first kappa shape index (κ1) is 22.9. The van der Waals surface area contributed by atoms with E-state index in [1.165, 1.54) is 28.6 Å². The number of amides is 4. The molecule has 2 aromatic rings. The lowest BCUT2D eigenvalue weighted by molar-refractivity contribution is -0.133. The van der Waals surface area contributed by atoms with Gasteiger partial charge in [0.2, 0.25) is 15.9 Å². The van der Waals surface area contributed by atoms with Gasteiger partial charge in [-0.2, -0.15) is 4.31 Å². The van der Waals surface area contributed by atoms with Gasteiger partial charge >= 0.3 is 6.03 Å². The molecule has 2 aliphatic rings. The molecule has 2 aromatic carbocycles. The van der Waals surface area contributed by atoms with Crippen LogP contribution < -0.4 is 10.6 Å². The second-order valence-corrected chi connectivity index (χ2v) is 9.84. The van der Waals surface area contributed by atoms with Crippen molar-refractivity contribution in [3.8, 4) is 0 Å². The maximum atomic E-state index is 13.0. The van der Waals surface area contributed by atoms with E-state index in [2.05, 4.69) is 10.6 Å². The second-order valence-electron chi connectivity index (χ2n) is 7.90. The fraction of sp³-hybridized carbons (Fsp3) is 0.318. The van der Waals surface area contributed by atoms with Gasteiger partial charge in [0, 0.05) is 18.8 Å². The normalized spacial score (nSPS) is 21.7. The summed E-state index contributed by atoms with van der Waals surface area (Å²) >= 11 is 0. The largest absolute Gasteiger partial charge is 0.379 e. The van der Waals surface area contributed by atoms with Crippen molar-refractivity contribution in [3.05, 3.63) is 60.2 Å². The van der Waals surface area contributed by atoms with Gasteiger partial charge in [-0.1, -0.05) is 36.4 Å². The topological polar surface area (TPSA) is 125 Å². The Morgan fingerprint density at radius 2 is 1.79 bits per heavy atom. The van der Waals surface area contributed by atoms with Crippen LogP contribution in [0.3, 0.4) is 0 Å². The third-order valence-corrected chi connectivity index (χ3v) is 7.55. The van der Waals surface area contributed by atoms with Gasteiger partial charge in [0.05, 0.1) is 18.1 Å². The van der Waals surface area contributed by atoms with Crippen LogP contribution in [0.1, 0.15) is 12.5 Å². The molecule has 0 spiro atoms. The third-order valence-electron chi connectivity index (χ3n) is 5.65. The summed E-state index contributed by atoms with van der Waals surface area (Å²) in [6.07, 6.45) is 0. The highest BCUT2D eigenvalue weighted by Crippen LogP contribution is 2.28. The molecule has 2 heterocycles. The summed E-state index contributed by atoms with van der Waals surface area (Å²) in [4.78, 5) is 38.9. The average Bonchev–Trinajstić information content (AvgIpc) is 3.04. The van der Waals surface area contributed by atoms with Crippen LogP contribution in [-0.2, 0) is 29.9 Å². The Labute approximate surface area is 191 Å². The lowest BCUT2D eigenvalue weighted by Gasteiger charge is -2.26. The highest BCUT2D eigenvalue weighted by Gasteiger charge is 2.49. The molecular formula is C22H24N4O6S. The number of rotatable bonds is 6. The standard InChI is InChI=1S/C22H24N4O6S/c1-22(16-6-3-2-4-7-16)20(28)26(21(29)24-22)15-19(27)23-17-8-5-9-18(14-17)33(30,31)25-10-12-32-13-11-25/h2-9,14H,10-13,15H2,1H3,(H,23,27)(H,24,29). The summed E-state index contributed by atoms with van der Waals surface area (Å²) in [5.74, 6) is -1.17. The molecule has 10 nitrogen and oxygen atoms in total. The van der Waals surface area contributed by atoms with Crippen LogP contribution in [-0.4, -0.2) is 68.3 Å². The van der Waals surface area contributed by atoms with Gasteiger partial charge in [0.1, 0.15) is 12.1 Å². The minimum Gasteiger partial charge on any atom is -0.379 e. The minimum absolute atomic E-state index is 0.0360. The lowest BCUT2D eigenvalue weighted by Crippen LogP contribution is -2.42. The Morgan fingerprint density at radius 1 is 1.09 bits per heavy atom. The van der Waals surface area contributed by atoms with E-state index < -0.39 is 40.0 Å². The predicted octanol–water partition coefficient (Wildman–Crippen LogP) is 1.11. The van der Waals surface area contributed by atoms with E-state index in [0.29, 0.717) is 18.8 Å². The van der Waals surface area contributed by atoms with Gasteiger partial charge < -0.3 is 15.4 Å². The van der Waals surface area contributed by atoms with E-state index in [-0.39, 0.29) is 23.7 Å². The number of imide groups is 1. The van der Waals surface area contributed by atoms with Crippen LogP contribution in [0.5, 0.6) is 0 Å². The fourth-order valence-electron chi connectivity index (χ4n) is 3.82. The van der Waals surface area contributed by atoms with Crippen LogP contribution in [0.2, 0.25) is 0 Å². The monoisotopic (exact) mass is 472 g/mol. The predicted molar refractivity (Wildman–Crippen MR) is 119 cm³/mol. The summed E-state index contributed by atoms with van der Waals surface area (Å²) in [5.41, 5.74) is -0.426. The Bertz CT molecular complexity index is 1180. The molecule has 0 aliphatic carbocycles. The number of benzene rings is 2. The van der Waals surface area contributed by atoms with Crippen molar-refractivity contribution >= 4 is 33.6 Å². The Balaban J connectivity index is 1.46. The van der Waals surface area contributed by atoms with Crippen molar-refractivity contribution in [1.29, 1.82) is 0 Å². The number of nitrogens with one attached hydrogen (secondary N) is 2. The minimum atomic E-state index is -3.73. The summed E-state index contributed by atoms with van der Waals surface area (Å²) in [7, 11) is -3.73. The Hall–Kier alpha value is -3.28. The first-order valence-electron chi connectivity index (χ1n) is 10.4. The van der Waals surface area contributed by atoms with Gasteiger partial charge in [-0.3, -0.25) is 14.5 Å². The third kappa shape index (κ3) is 4.47. The molecule has 2 fully saturated rings. The molecule has 0 aromatic heterocycles. The number of nitrogens with zero attached hydrogens (tertiary/aromatic N) is 2. The number of morpholine rings is 1. The Morgan fingerprint density at radius 3 is 2.48 bits per heavy atom. The molecule has 0 bridgehead atoms. The average molecular weight is 473 g/mol. The molecule has 1 atom stereocenters. The molecule has 2 N–H and O–H groups in total. The number of hydrogen-bond acceptors (Lipinski definition) is 6. The number of anilines is 1. The molecule has 33 heavy (non-hydrogen) atoms. The molecular weight excluding hydrogens is 448 g/mol. The maximum Gasteiger partial charge on any atom is 0.325 e. The summed E-state index contributed by atoms with van der Waals surface area (Å²) < 4.78 is 32.2. The van der Waals surface area contributed by atoms with Gasteiger partial charge in [-0.15, -0.1) is 0 Å². The molecule has 1 unspecified atom stereocenters. The summed E-state index contributed by atoms with van der Waals surface area (Å²) in [5, 5.41) is 5.22. The van der Waals surface area contributed by atoms with E-state index in [1.54, 1.807) is 37.3 Å². The zero-order chi connectivity index (χ0) is 23.6. The van der Waals surface area contributed by atoms with Gasteiger partial charge in [0.15, 0.2) is 0 Å². The van der Waals surface area contributed by atoms with Crippen LogP contribution in [0.25, 0.3) is 0 Å². The molecule has 0 saturated carbocycles. The zero-order valence-corrected chi connectivity index (χ0v) is 18.8. The fourth-order valence-corrected chi connectivity index (χ4v) is 5.28. The zero-order valence-electron chi connectivity index (χ0n) is 18.0. The molecule has 2 saturated heterocycles. The summed E-state index contributed by atoms with van der Waals surface area (Å²) in [6.45, 7) is 2.23. The molecule has 11 heteroatoms. The second kappa shape index (κ2) is 8.93. The van der Waals surface area contributed by atoms with E-state index in [4.69, 9.17) is 4.74 Å². The molecule has 0 radical (unpaired) electrons. The maximum absolute atomic E-state index is 13.0. The number of carbonyl (C=O) groups excluding carboxylic acids is 3. The van der Waals surface area contributed by atoms with Crippen molar-refractivity contribution in [2.24, 2.45) is 0 Å². The Kier molecular flexibility index (Phi) is 6.19. The summed E-state index contributed by atoms with van der Waals surface area (Å²) in [6, 6.07) is 13.9. The quantitative estimate of drug-likeness (QED) is 0.607. The first-order valence-corrected chi connectivity index (χ1v) is 11.8. The number of urea groups is 1. The van der Waals surface area contributed by atoms with Crippen LogP contribution >= 0.6 is 0 Å². The highest BCUT2D eigenvalue weighted by molar-refractivity contribution is 7.89. The highest BCUT2D eigenvalue weighted by atomic mass is 32.2. The number of ether oxygens (including phenoxy) is 1. The molecule has 4 rings (SSSR count). The molecule has 4 amide bonds. The van der Waals surface area contributed by atoms with E-state index in [9.17, 15) is 22.8 Å². The van der Waals surface area contributed by atoms with Crippen LogP contribution in [0.15, 0.2) is 59.5 Å². The van der Waals surface area contributed by atoms with Crippen molar-refractivity contribution in [1.82, 2.24) is 14.5 Å². The number of hydrogen-bond donors (Lipinski definition) is 2. The van der Waals surface area contributed by atoms with Crippen molar-refractivity contribution in [3.63, 3.8) is 0 Å². The van der Waals surface area contributed by atoms with Crippen molar-refractivity contribution < 1.29 is 27.5 Å². The number of carbonyl (C=O) groups is 3. The number of sulfonamides is 1. The molecule has 2 aliphatic heterocycles. The van der Waals surface area contributed by atoms with Crippen LogP contribution in [0.4, 0.5) is 10.5 Å². The van der Waals surface area contributed by atoms with Crippen LogP contribution in [0, 0.1) is 0 Å². The van der Waals surface area contributed by atoms with Crippen molar-refractivity contribution in [2.75, 3.05) is 38.2 Å². The smallest absolute Gasteiger partial charge is 0.325 e. The SMILES string of the molecule is CC1(c2ccccc2)NC(=O)N(CC(=O)Nc2cccc(S(=O)(=O)N3CCOCC3)c2)C1=O. The first-order chi connectivity index (χ1) is 15.7. The van der Waals surface area contributed by atoms with Gasteiger partial charge in [0.25, 0.3) is 5.91 Å². The van der Waals surface area contributed by atoms with Gasteiger partial charge in [-0.25, -0.2) is 13.2 Å². The van der Waals surface area contributed by atoms with Crippen molar-refractivity contribution in [2.45, 2.75) is 17.4 Å². The van der Waals surface area contributed by atoms with E-state index in [1.807, 2.05) is 0 Å². The van der Waals surface area contributed by atoms with Gasteiger partial charge in [-0.05, 0) is 30.7 Å². The lowest BCUT2D eigenvalue weighted by atomic mass is 9.92.